The monoisotopic (exact) mass is 329 g/mol. The quantitative estimate of drug-likeness (QED) is 0.681. The number of aromatic nitrogens is 1. The van der Waals surface area contributed by atoms with Gasteiger partial charge in [0.15, 0.2) is 10.9 Å². The summed E-state index contributed by atoms with van der Waals surface area (Å²) in [5.41, 5.74) is 0.681. The second-order valence-electron chi connectivity index (χ2n) is 4.89. The number of fused-ring (bicyclic) bond motifs is 1. The van der Waals surface area contributed by atoms with Gasteiger partial charge in [-0.05, 0) is 18.6 Å². The third-order valence-corrected chi connectivity index (χ3v) is 3.88. The molecule has 118 valence electrons. The first-order valence-electron chi connectivity index (χ1n) is 7.18. The number of rotatable bonds is 6. The molecule has 7 heteroatoms. The summed E-state index contributed by atoms with van der Waals surface area (Å²) in [6.07, 6.45) is 2.50. The molecule has 0 aliphatic heterocycles. The van der Waals surface area contributed by atoms with E-state index in [0.717, 1.165) is 5.39 Å². The van der Waals surface area contributed by atoms with E-state index < -0.39 is 0 Å². The lowest BCUT2D eigenvalue weighted by molar-refractivity contribution is -0.116. The molecule has 23 heavy (non-hydrogen) atoms. The molecule has 2 N–H and O–H groups in total. The normalized spacial score (nSPS) is 10.6. The van der Waals surface area contributed by atoms with Gasteiger partial charge in [-0.1, -0.05) is 18.2 Å². The molecule has 0 atom stereocenters. The maximum atomic E-state index is 12.0. The Kier molecular flexibility index (Phi) is 4.68. The number of carbonyl (C=O) groups excluding carboxylic acids is 2. The van der Waals surface area contributed by atoms with Crippen molar-refractivity contribution in [1.29, 1.82) is 0 Å². The van der Waals surface area contributed by atoms with Crippen LogP contribution >= 0.6 is 11.3 Å². The van der Waals surface area contributed by atoms with Crippen LogP contribution in [0.2, 0.25) is 0 Å². The summed E-state index contributed by atoms with van der Waals surface area (Å²) in [5.74, 6) is -0.113. The number of benzene rings is 1. The zero-order valence-electron chi connectivity index (χ0n) is 12.2. The zero-order valence-corrected chi connectivity index (χ0v) is 13.1. The van der Waals surface area contributed by atoms with Crippen LogP contribution in [-0.2, 0) is 4.79 Å². The average molecular weight is 329 g/mol. The van der Waals surface area contributed by atoms with E-state index in [1.807, 2.05) is 24.3 Å². The molecule has 0 saturated carbocycles. The predicted octanol–water partition coefficient (Wildman–Crippen LogP) is 3.04. The summed E-state index contributed by atoms with van der Waals surface area (Å²) < 4.78 is 5.48. The Bertz CT molecular complexity index is 778. The fourth-order valence-corrected chi connectivity index (χ4v) is 2.64. The number of thiazole rings is 1. The van der Waals surface area contributed by atoms with E-state index in [4.69, 9.17) is 4.42 Å². The van der Waals surface area contributed by atoms with E-state index in [0.29, 0.717) is 30.1 Å². The molecule has 2 amide bonds. The van der Waals surface area contributed by atoms with E-state index in [1.54, 1.807) is 17.6 Å². The Morgan fingerprint density at radius 1 is 1.26 bits per heavy atom. The number of amides is 2. The number of hydrogen-bond donors (Lipinski definition) is 2. The van der Waals surface area contributed by atoms with Gasteiger partial charge in [0.05, 0.1) is 0 Å². The minimum absolute atomic E-state index is 0.113. The van der Waals surface area contributed by atoms with Crippen molar-refractivity contribution in [2.24, 2.45) is 0 Å². The largest absolute Gasteiger partial charge is 0.451 e. The molecule has 3 aromatic rings. The van der Waals surface area contributed by atoms with Gasteiger partial charge in [0.2, 0.25) is 5.91 Å². The molecule has 0 saturated heterocycles. The third kappa shape index (κ3) is 3.95. The Morgan fingerprint density at radius 2 is 2.13 bits per heavy atom. The fourth-order valence-electron chi connectivity index (χ4n) is 2.10. The lowest BCUT2D eigenvalue weighted by atomic mass is 10.2. The average Bonchev–Trinajstić information content (AvgIpc) is 3.20. The zero-order chi connectivity index (χ0) is 16.1. The number of para-hydroxylation sites is 1. The van der Waals surface area contributed by atoms with E-state index >= 15 is 0 Å². The van der Waals surface area contributed by atoms with Crippen molar-refractivity contribution in [1.82, 2.24) is 10.3 Å². The highest BCUT2D eigenvalue weighted by molar-refractivity contribution is 7.13. The van der Waals surface area contributed by atoms with Gasteiger partial charge in [-0.25, -0.2) is 4.98 Å². The highest BCUT2D eigenvalue weighted by Gasteiger charge is 2.11. The van der Waals surface area contributed by atoms with Crippen molar-refractivity contribution < 1.29 is 14.0 Å². The van der Waals surface area contributed by atoms with Gasteiger partial charge in [-0.2, -0.15) is 0 Å². The highest BCUT2D eigenvalue weighted by Crippen LogP contribution is 2.18. The minimum atomic E-state index is -0.276. The van der Waals surface area contributed by atoms with E-state index in [1.165, 1.54) is 11.3 Å². The molecule has 2 aromatic heterocycles. The van der Waals surface area contributed by atoms with Gasteiger partial charge in [-0.3, -0.25) is 9.59 Å². The van der Waals surface area contributed by atoms with Gasteiger partial charge in [0.25, 0.3) is 5.91 Å². The predicted molar refractivity (Wildman–Crippen MR) is 88.5 cm³/mol. The SMILES string of the molecule is O=C(CCCNC(=O)c1cc2ccccc2o1)Nc1nccs1. The molecule has 0 unspecified atom stereocenters. The summed E-state index contributed by atoms with van der Waals surface area (Å²) in [7, 11) is 0. The van der Waals surface area contributed by atoms with Crippen molar-refractivity contribution in [3.8, 4) is 0 Å². The van der Waals surface area contributed by atoms with E-state index in [9.17, 15) is 9.59 Å². The van der Waals surface area contributed by atoms with Crippen LogP contribution in [0, 0.1) is 0 Å². The topological polar surface area (TPSA) is 84.2 Å². The number of anilines is 1. The first-order chi connectivity index (χ1) is 11.2. The van der Waals surface area contributed by atoms with Crippen LogP contribution in [0.15, 0.2) is 46.3 Å². The standard InChI is InChI=1S/C16H15N3O3S/c20-14(19-16-18-8-9-23-16)6-3-7-17-15(21)13-10-11-4-1-2-5-12(11)22-13/h1-2,4-5,8-10H,3,6-7H2,(H,17,21)(H,18,19,20). The molecular weight excluding hydrogens is 314 g/mol. The first kappa shape index (κ1) is 15.2. The van der Waals surface area contributed by atoms with Crippen LogP contribution in [0.25, 0.3) is 11.0 Å². The summed E-state index contributed by atoms with van der Waals surface area (Å²) in [6, 6.07) is 9.16. The van der Waals surface area contributed by atoms with Gasteiger partial charge < -0.3 is 15.1 Å². The summed E-state index contributed by atoms with van der Waals surface area (Å²) >= 11 is 1.37. The van der Waals surface area contributed by atoms with E-state index in [2.05, 4.69) is 15.6 Å². The van der Waals surface area contributed by atoms with Gasteiger partial charge in [-0.15, -0.1) is 11.3 Å². The Balaban J connectivity index is 1.43. The maximum absolute atomic E-state index is 12.0. The first-order valence-corrected chi connectivity index (χ1v) is 8.06. The smallest absolute Gasteiger partial charge is 0.287 e. The van der Waals surface area contributed by atoms with Crippen LogP contribution in [0.3, 0.4) is 0 Å². The molecule has 6 nitrogen and oxygen atoms in total. The van der Waals surface area contributed by atoms with Gasteiger partial charge in [0, 0.05) is 29.9 Å². The summed E-state index contributed by atoms with van der Waals surface area (Å²) in [5, 5.41) is 8.71. The van der Waals surface area contributed by atoms with Crippen molar-refractivity contribution in [2.75, 3.05) is 11.9 Å². The van der Waals surface area contributed by atoms with Crippen molar-refractivity contribution in [3.05, 3.63) is 47.7 Å². The lowest BCUT2D eigenvalue weighted by Crippen LogP contribution is -2.25. The minimum Gasteiger partial charge on any atom is -0.451 e. The summed E-state index contributed by atoms with van der Waals surface area (Å²) in [6.45, 7) is 0.404. The maximum Gasteiger partial charge on any atom is 0.287 e. The molecule has 1 aromatic carbocycles. The van der Waals surface area contributed by atoms with Crippen LogP contribution in [-0.4, -0.2) is 23.3 Å². The Morgan fingerprint density at radius 3 is 2.91 bits per heavy atom. The van der Waals surface area contributed by atoms with Crippen molar-refractivity contribution in [2.45, 2.75) is 12.8 Å². The highest BCUT2D eigenvalue weighted by atomic mass is 32.1. The lowest BCUT2D eigenvalue weighted by Gasteiger charge is -2.03. The number of carbonyl (C=O) groups is 2. The summed E-state index contributed by atoms with van der Waals surface area (Å²) in [4.78, 5) is 27.6. The second kappa shape index (κ2) is 7.06. The fraction of sp³-hybridized carbons (Fsp3) is 0.188. The van der Waals surface area contributed by atoms with Gasteiger partial charge in [0.1, 0.15) is 5.58 Å². The number of furan rings is 1. The van der Waals surface area contributed by atoms with Crippen molar-refractivity contribution in [3.63, 3.8) is 0 Å². The molecule has 2 heterocycles. The van der Waals surface area contributed by atoms with Crippen LogP contribution < -0.4 is 10.6 Å². The molecule has 0 bridgehead atoms. The van der Waals surface area contributed by atoms with E-state index in [-0.39, 0.29) is 17.6 Å². The Hall–Kier alpha value is -2.67. The molecule has 0 aliphatic rings. The number of nitrogens with one attached hydrogen (secondary N) is 2. The third-order valence-electron chi connectivity index (χ3n) is 3.19. The second-order valence-corrected chi connectivity index (χ2v) is 5.79. The molecule has 3 rings (SSSR count). The van der Waals surface area contributed by atoms with Crippen LogP contribution in [0.1, 0.15) is 23.4 Å². The number of hydrogen-bond acceptors (Lipinski definition) is 5. The molecular formula is C16H15N3O3S. The van der Waals surface area contributed by atoms with Crippen LogP contribution in [0.4, 0.5) is 5.13 Å². The molecule has 0 spiro atoms. The number of nitrogens with zero attached hydrogens (tertiary/aromatic N) is 1. The molecule has 0 radical (unpaired) electrons. The van der Waals surface area contributed by atoms with Crippen LogP contribution in [0.5, 0.6) is 0 Å². The van der Waals surface area contributed by atoms with Gasteiger partial charge >= 0.3 is 0 Å². The Labute approximate surface area is 136 Å². The van der Waals surface area contributed by atoms with Crippen molar-refractivity contribution >= 4 is 39.3 Å². The molecule has 0 aliphatic carbocycles. The molecule has 0 fully saturated rings.